The Morgan fingerprint density at radius 2 is 1.18 bits per heavy atom. The van der Waals surface area contributed by atoms with E-state index in [0.717, 1.165) is 0 Å². The molecule has 4 aliphatic carbocycles. The Kier molecular flexibility index (Phi) is 16.1. The molecule has 10 rings (SSSR count). The number of rotatable bonds is 15. The van der Waals surface area contributed by atoms with Gasteiger partial charge in [-0.3, -0.25) is 4.79 Å². The van der Waals surface area contributed by atoms with Crippen molar-refractivity contribution >= 4 is 11.8 Å². The lowest BCUT2D eigenvalue weighted by Gasteiger charge is -2.67. The Morgan fingerprint density at radius 3 is 1.72 bits per heavy atom. The van der Waals surface area contributed by atoms with Crippen LogP contribution in [0.3, 0.4) is 0 Å². The van der Waals surface area contributed by atoms with Crippen LogP contribution < -0.4 is 0 Å². The summed E-state index contributed by atoms with van der Waals surface area (Å²) < 4.78 is 88.1. The number of hydrogen-bond acceptors (Lipinski definition) is 20. The second kappa shape index (κ2) is 21.5. The Morgan fingerprint density at radius 1 is 0.632 bits per heavy atom. The van der Waals surface area contributed by atoms with Crippen LogP contribution in [0, 0.1) is 22.7 Å². The second-order valence-electron chi connectivity index (χ2n) is 24.0. The molecule has 5 saturated heterocycles. The van der Waals surface area contributed by atoms with Gasteiger partial charge in [-0.05, 0) is 78.9 Å². The van der Waals surface area contributed by atoms with Crippen LogP contribution in [0.5, 0.6) is 0 Å². The molecule has 4 saturated carbocycles. The number of ether oxygens (including phenoxy) is 14. The molecule has 1 aromatic carbocycles. The molecule has 1 spiro atoms. The summed E-state index contributed by atoms with van der Waals surface area (Å²) in [5, 5.41) is 47.6. The smallest absolute Gasteiger partial charge is 0.338 e. The quantitative estimate of drug-likeness (QED) is 0.110. The maximum Gasteiger partial charge on any atom is 0.338 e. The highest BCUT2D eigenvalue weighted by Gasteiger charge is 2.85. The lowest BCUT2D eigenvalue weighted by Crippen LogP contribution is -2.78. The lowest BCUT2D eigenvalue weighted by atomic mass is 9.40. The monoisotopic (exact) mass is 1080 g/mol. The fourth-order valence-corrected chi connectivity index (χ4v) is 16.0. The first kappa shape index (κ1) is 56.9. The van der Waals surface area contributed by atoms with E-state index in [1.807, 2.05) is 33.8 Å². The Hall–Kier alpha value is -2.32. The zero-order chi connectivity index (χ0) is 54.4. The van der Waals surface area contributed by atoms with Gasteiger partial charge in [-0.25, -0.2) is 4.79 Å². The number of esters is 1. The van der Waals surface area contributed by atoms with Crippen molar-refractivity contribution in [3.63, 3.8) is 0 Å². The molecule has 0 unspecified atom stereocenters. The number of aliphatic hydroxyl groups excluding tert-OH is 2. The van der Waals surface area contributed by atoms with Crippen molar-refractivity contribution in [2.45, 2.75) is 252 Å². The molecule has 0 aromatic heterocycles. The van der Waals surface area contributed by atoms with Crippen LogP contribution >= 0.6 is 0 Å². The van der Waals surface area contributed by atoms with E-state index in [1.165, 1.54) is 14.0 Å². The third-order valence-corrected chi connectivity index (χ3v) is 20.2. The molecule has 0 radical (unpaired) electrons. The zero-order valence-corrected chi connectivity index (χ0v) is 46.0. The third kappa shape index (κ3) is 9.35. The first-order chi connectivity index (χ1) is 36.1. The van der Waals surface area contributed by atoms with E-state index < -0.39 is 156 Å². The van der Waals surface area contributed by atoms with E-state index in [1.54, 1.807) is 52.5 Å². The van der Waals surface area contributed by atoms with Crippen LogP contribution in [0.2, 0.25) is 0 Å². The molecule has 20 nitrogen and oxygen atoms in total. The minimum Gasteiger partial charge on any atom is -0.458 e. The van der Waals surface area contributed by atoms with Crippen molar-refractivity contribution in [3.8, 4) is 0 Å². The van der Waals surface area contributed by atoms with E-state index in [4.69, 9.17) is 66.3 Å². The minimum absolute atomic E-state index is 0.0957. The van der Waals surface area contributed by atoms with Crippen LogP contribution in [-0.2, 0) is 71.1 Å². The van der Waals surface area contributed by atoms with Crippen molar-refractivity contribution in [1.29, 1.82) is 0 Å². The number of ketones is 1. The molecule has 27 atom stereocenters. The van der Waals surface area contributed by atoms with Gasteiger partial charge in [0.1, 0.15) is 65.3 Å². The van der Waals surface area contributed by atoms with Crippen LogP contribution in [0.15, 0.2) is 30.3 Å². The number of epoxide rings is 1. The number of carbonyl (C=O) groups is 2. The number of benzene rings is 1. The van der Waals surface area contributed by atoms with Gasteiger partial charge in [0.2, 0.25) is 0 Å². The molecule has 5 heterocycles. The van der Waals surface area contributed by atoms with Crippen LogP contribution in [0.4, 0.5) is 0 Å². The fourth-order valence-electron chi connectivity index (χ4n) is 16.0. The highest BCUT2D eigenvalue weighted by molar-refractivity contribution is 5.89. The average molecular weight is 1080 g/mol. The number of methoxy groups -OCH3 is 4. The van der Waals surface area contributed by atoms with Gasteiger partial charge in [0.25, 0.3) is 0 Å². The summed E-state index contributed by atoms with van der Waals surface area (Å²) in [6.07, 6.45) is -8.91. The number of aliphatic hydroxyl groups is 4. The summed E-state index contributed by atoms with van der Waals surface area (Å²) in [5.41, 5.74) is -5.42. The SMILES string of the molecule is CO[C@@H]1[C@@H](O)[C@@H](C)O[C@@H](O[C@H]2[C@@H](OC)C[C@@H](O[C@@H]3[C@@H](C)O[C@H](O[C@H]4[C@@H](OC)C[C@@H](O[C@@H]5CC[C@]6(C)[C@H]7C[C@@H](OC(=O)c8ccccc8)[C@]8(C)[C@@H](C(C)=O)CC[C@]8(O)[C@]7(O)C[C@H]7O[C@]76C5)O[C@@H]4C)C[C@H]3OC)O[C@@H]2C)[C@@H]1O. The predicted molar refractivity (Wildman–Crippen MR) is 265 cm³/mol. The van der Waals surface area contributed by atoms with Gasteiger partial charge >= 0.3 is 5.97 Å². The fraction of sp³-hybridized carbons (Fsp3) is 0.857. The van der Waals surface area contributed by atoms with Gasteiger partial charge < -0.3 is 86.7 Å². The first-order valence-electron chi connectivity index (χ1n) is 27.7. The molecule has 76 heavy (non-hydrogen) atoms. The standard InChI is InChI=1S/C56H84O20/c1-27(57)34-18-20-56(62)53(34,7)39(72-50(60)32-15-13-12-14-16-32)24-38-52(6)19-17-33(25-55(52)40(76-55)26-54(38,56)61)71-41-21-35(63-8)46(29(3)67-41)73-42-22-36(64-9)47(30(4)68-42)74-43-23-37(65-10)48(31(5)69-43)75-51-45(59)49(66-11)44(58)28(2)70-51/h12-16,28-31,33-49,51,58-59,61-62H,17-26H2,1-11H3/t28-,29-,30-,31-,33-,34-,35+,36-,37+,38-,39-,40-,41-,42-,43-,44+,45-,46-,47-,48-,49-,51+,52-,53+,54+,55-,56-/m1/s1. The molecule has 5 aliphatic heterocycles. The third-order valence-electron chi connectivity index (χ3n) is 20.2. The molecule has 9 aliphatic rings. The van der Waals surface area contributed by atoms with E-state index in [0.29, 0.717) is 50.5 Å². The van der Waals surface area contributed by atoms with E-state index >= 15 is 0 Å². The first-order valence-corrected chi connectivity index (χ1v) is 27.7. The summed E-state index contributed by atoms with van der Waals surface area (Å²) in [4.78, 5) is 27.1. The summed E-state index contributed by atoms with van der Waals surface area (Å²) in [6.45, 7) is 12.9. The Balaban J connectivity index is 0.753. The topological polar surface area (TPSA) is 248 Å². The van der Waals surface area contributed by atoms with E-state index in [2.05, 4.69) is 6.92 Å². The average Bonchev–Trinajstić information content (AvgIpc) is 3.57. The molecule has 0 bridgehead atoms. The molecule has 9 fully saturated rings. The van der Waals surface area contributed by atoms with Crippen molar-refractivity contribution in [2.24, 2.45) is 22.7 Å². The van der Waals surface area contributed by atoms with E-state index in [-0.39, 0.29) is 37.3 Å². The largest absolute Gasteiger partial charge is 0.458 e. The van der Waals surface area contributed by atoms with Crippen LogP contribution in [0.1, 0.15) is 123 Å². The van der Waals surface area contributed by atoms with Gasteiger partial charge in [0.15, 0.2) is 25.2 Å². The molecular formula is C56H84O20. The highest BCUT2D eigenvalue weighted by Crippen LogP contribution is 2.76. The molecule has 428 valence electrons. The van der Waals surface area contributed by atoms with Gasteiger partial charge in [0, 0.05) is 83.2 Å². The number of Topliss-reactive ketones (excluding diaryl/α,β-unsaturated/α-hetero) is 1. The summed E-state index contributed by atoms with van der Waals surface area (Å²) in [5.74, 6) is -1.73. The van der Waals surface area contributed by atoms with Gasteiger partial charge in [-0.2, -0.15) is 0 Å². The summed E-state index contributed by atoms with van der Waals surface area (Å²) in [6, 6.07) is 8.75. The van der Waals surface area contributed by atoms with Gasteiger partial charge in [-0.1, -0.05) is 32.0 Å². The highest BCUT2D eigenvalue weighted by atomic mass is 16.8. The number of fused-ring (bicyclic) bond motifs is 4. The maximum absolute atomic E-state index is 13.8. The number of hydrogen-bond donors (Lipinski definition) is 4. The Labute approximate surface area is 446 Å². The number of carbonyl (C=O) groups excluding carboxylic acids is 2. The van der Waals surface area contributed by atoms with Gasteiger partial charge in [-0.15, -0.1) is 0 Å². The van der Waals surface area contributed by atoms with Crippen LogP contribution in [0.25, 0.3) is 0 Å². The van der Waals surface area contributed by atoms with Crippen molar-refractivity contribution in [2.75, 3.05) is 28.4 Å². The molecule has 1 aromatic rings. The van der Waals surface area contributed by atoms with Crippen molar-refractivity contribution in [1.82, 2.24) is 0 Å². The maximum atomic E-state index is 13.8. The summed E-state index contributed by atoms with van der Waals surface area (Å²) in [7, 11) is 6.27. The van der Waals surface area contributed by atoms with Gasteiger partial charge in [0.05, 0.1) is 60.5 Å². The normalized spacial score (nSPS) is 51.9. The summed E-state index contributed by atoms with van der Waals surface area (Å²) >= 11 is 0. The van der Waals surface area contributed by atoms with Crippen molar-refractivity contribution in [3.05, 3.63) is 35.9 Å². The molecule has 4 N–H and O–H groups in total. The van der Waals surface area contributed by atoms with E-state index in [9.17, 15) is 30.0 Å². The second-order valence-corrected chi connectivity index (χ2v) is 24.0. The minimum atomic E-state index is -1.71. The van der Waals surface area contributed by atoms with Crippen LogP contribution in [-0.4, -0.2) is 200 Å². The lowest BCUT2D eigenvalue weighted by molar-refractivity contribution is -0.356. The molecular weight excluding hydrogens is 993 g/mol. The zero-order valence-electron chi connectivity index (χ0n) is 46.0. The Bertz CT molecular complexity index is 2210. The predicted octanol–water partition coefficient (Wildman–Crippen LogP) is 3.90. The molecule has 0 amide bonds. The van der Waals surface area contributed by atoms with Crippen molar-refractivity contribution < 1.29 is 96.3 Å². The molecule has 20 heteroatoms.